The molecule has 21 heteroatoms. The summed E-state index contributed by atoms with van der Waals surface area (Å²) < 4.78 is 34.9. The summed E-state index contributed by atoms with van der Waals surface area (Å²) in [5.41, 5.74) is 7.21. The number of phosphoric ester groups is 1. The zero-order valence-electron chi connectivity index (χ0n) is 36.2. The zero-order valence-corrected chi connectivity index (χ0v) is 37.1. The highest BCUT2D eigenvalue weighted by atomic mass is 31.2. The van der Waals surface area contributed by atoms with Crippen molar-refractivity contribution in [1.82, 2.24) is 36.1 Å². The summed E-state index contributed by atoms with van der Waals surface area (Å²) in [5, 5.41) is 20.4. The van der Waals surface area contributed by atoms with Crippen molar-refractivity contribution in [1.29, 1.82) is 0 Å². The average Bonchev–Trinajstić information content (AvgIpc) is 4.02. The van der Waals surface area contributed by atoms with Gasteiger partial charge in [0, 0.05) is 44.8 Å². The number of aromatic nitrogens is 2. The van der Waals surface area contributed by atoms with E-state index in [4.69, 9.17) is 24.0 Å². The number of rotatable bonds is 27. The lowest BCUT2D eigenvalue weighted by atomic mass is 10.0. The molecule has 4 rings (SSSR count). The summed E-state index contributed by atoms with van der Waals surface area (Å²) in [4.78, 5) is 88.5. The second-order valence-corrected chi connectivity index (χ2v) is 17.6. The minimum Gasteiger partial charge on any atom is -0.394 e. The van der Waals surface area contributed by atoms with Gasteiger partial charge in [0.05, 0.1) is 32.3 Å². The third-order valence-electron chi connectivity index (χ3n) is 10.5. The summed E-state index contributed by atoms with van der Waals surface area (Å²) in [5.74, 6) is -4.74. The molecule has 0 radical (unpaired) electrons. The number of primary amides is 1. The molecule has 348 valence electrons. The lowest BCUT2D eigenvalue weighted by Gasteiger charge is -2.28. The van der Waals surface area contributed by atoms with Crippen molar-refractivity contribution in [3.63, 3.8) is 0 Å². The lowest BCUT2D eigenvalue weighted by Crippen LogP contribution is -2.61. The number of nitrogens with one attached hydrogen (secondary N) is 5. The third kappa shape index (κ3) is 16.3. The number of nitrogens with two attached hydrogens (primary N) is 1. The van der Waals surface area contributed by atoms with Crippen LogP contribution in [0, 0.1) is 5.92 Å². The maximum atomic E-state index is 14.0. The molecule has 20 nitrogen and oxygen atoms in total. The molecule has 2 aromatic rings. The summed E-state index contributed by atoms with van der Waals surface area (Å²) >= 11 is 0. The average molecular weight is 903 g/mol. The second-order valence-electron chi connectivity index (χ2n) is 16.0. The van der Waals surface area contributed by atoms with Gasteiger partial charge in [0.25, 0.3) is 0 Å². The number of carbonyl (C=O) groups excluding carboxylic acids is 6. The van der Waals surface area contributed by atoms with Crippen LogP contribution in [-0.2, 0) is 64.5 Å². The van der Waals surface area contributed by atoms with E-state index in [0.717, 1.165) is 32.1 Å². The Morgan fingerprint density at radius 2 is 1.70 bits per heavy atom. The Morgan fingerprint density at radius 1 is 1.00 bits per heavy atom. The molecular weight excluding hydrogens is 839 g/mol. The van der Waals surface area contributed by atoms with Crippen LogP contribution in [0.15, 0.2) is 55.5 Å². The zero-order chi connectivity index (χ0) is 45.9. The fraction of sp³-hybridized carbons (Fsp3) is 0.595. The van der Waals surface area contributed by atoms with Gasteiger partial charge in [-0.1, -0.05) is 50.3 Å². The smallest absolute Gasteiger partial charge is 0.394 e. The second kappa shape index (κ2) is 25.3. The first kappa shape index (κ1) is 50.7. The van der Waals surface area contributed by atoms with Crippen molar-refractivity contribution < 1.29 is 56.7 Å². The highest BCUT2D eigenvalue weighted by Gasteiger charge is 2.45. The number of aryl methyl sites for hydroxylation is 1. The number of H-pyrrole nitrogens is 1. The first-order chi connectivity index (χ1) is 30.1. The highest BCUT2D eigenvalue weighted by Crippen LogP contribution is 2.55. The molecule has 0 saturated carbocycles. The number of benzene rings is 1. The van der Waals surface area contributed by atoms with Crippen molar-refractivity contribution in [2.45, 2.75) is 121 Å². The molecule has 1 aromatic heterocycles. The van der Waals surface area contributed by atoms with Gasteiger partial charge >= 0.3 is 7.82 Å². The molecule has 8 atom stereocenters. The Labute approximate surface area is 367 Å². The lowest BCUT2D eigenvalue weighted by molar-refractivity contribution is -0.139. The van der Waals surface area contributed by atoms with Gasteiger partial charge in [-0.3, -0.25) is 42.3 Å². The number of unbranched alkanes of at least 4 members (excludes halogenated alkanes) is 3. The Kier molecular flexibility index (Phi) is 20.4. The van der Waals surface area contributed by atoms with E-state index in [2.05, 4.69) is 49.9 Å². The number of nitrogens with zero attached hydrogens (tertiary/aromatic N) is 2. The Hall–Kier alpha value is -4.98. The fourth-order valence-electron chi connectivity index (χ4n) is 7.16. The van der Waals surface area contributed by atoms with Gasteiger partial charge < -0.3 is 46.7 Å². The van der Waals surface area contributed by atoms with E-state index in [0.29, 0.717) is 18.7 Å². The molecule has 3 unspecified atom stereocenters. The van der Waals surface area contributed by atoms with E-state index in [1.165, 1.54) is 29.9 Å². The van der Waals surface area contributed by atoms with E-state index in [1.807, 2.05) is 32.0 Å². The van der Waals surface area contributed by atoms with Gasteiger partial charge in [-0.2, -0.15) is 0 Å². The molecule has 6 amide bonds. The first-order valence-corrected chi connectivity index (χ1v) is 22.8. The highest BCUT2D eigenvalue weighted by molar-refractivity contribution is 7.48. The monoisotopic (exact) mass is 902 g/mol. The maximum absolute atomic E-state index is 14.0. The first-order valence-electron chi connectivity index (χ1n) is 21.3. The number of likely N-dealkylation sites (tertiary alicyclic amines) is 1. The number of phosphoric acid groups is 1. The largest absolute Gasteiger partial charge is 0.475 e. The minimum absolute atomic E-state index is 0.0379. The van der Waals surface area contributed by atoms with Crippen LogP contribution in [0.4, 0.5) is 0 Å². The predicted molar refractivity (Wildman–Crippen MR) is 229 cm³/mol. The van der Waals surface area contributed by atoms with Gasteiger partial charge in [-0.05, 0) is 56.4 Å². The fourth-order valence-corrected chi connectivity index (χ4v) is 8.55. The van der Waals surface area contributed by atoms with Crippen LogP contribution in [0.1, 0.15) is 77.0 Å². The van der Waals surface area contributed by atoms with Crippen molar-refractivity contribution in [2.75, 3.05) is 33.0 Å². The molecular formula is C42H63N8O12P. The van der Waals surface area contributed by atoms with Crippen LogP contribution in [0.2, 0.25) is 0 Å². The van der Waals surface area contributed by atoms with Crippen molar-refractivity contribution in [2.24, 2.45) is 11.7 Å². The predicted octanol–water partition coefficient (Wildman–Crippen LogP) is 1.34. The summed E-state index contributed by atoms with van der Waals surface area (Å²) in [7, 11) is -4.08. The minimum atomic E-state index is -4.08. The van der Waals surface area contributed by atoms with Crippen LogP contribution in [-0.4, -0.2) is 131 Å². The van der Waals surface area contributed by atoms with Crippen LogP contribution in [0.25, 0.3) is 0 Å². The van der Waals surface area contributed by atoms with Crippen molar-refractivity contribution in [3.8, 4) is 0 Å². The van der Waals surface area contributed by atoms with Crippen LogP contribution < -0.4 is 27.0 Å². The molecule has 3 heterocycles. The molecule has 0 aliphatic carbocycles. The molecule has 8 N–H and O–H groups in total. The SMILES string of the molecule is C=CCCCCOP1(=O)OCC(C(NC(=O)[C@H](CO)NC(=O)[C@H](Cc2cnc[nH]2)NC(=O)[C@H](CC(C)C)NC(=O)[C@@H]2C[C@@H](OCCCCc3ccccc3)CN2C(C)=O)C(N)=O)O1. The Morgan fingerprint density at radius 3 is 2.35 bits per heavy atom. The summed E-state index contributed by atoms with van der Waals surface area (Å²) in [6.45, 7) is 8.06. The molecule has 0 spiro atoms. The van der Waals surface area contributed by atoms with Gasteiger partial charge in [0.15, 0.2) is 0 Å². The topological polar surface area (TPSA) is 283 Å². The van der Waals surface area contributed by atoms with E-state index in [1.54, 1.807) is 6.08 Å². The molecule has 2 fully saturated rings. The van der Waals surface area contributed by atoms with Crippen molar-refractivity contribution in [3.05, 3.63) is 66.8 Å². The molecule has 2 aliphatic heterocycles. The molecule has 2 aliphatic rings. The third-order valence-corrected chi connectivity index (χ3v) is 12.0. The van der Waals surface area contributed by atoms with Crippen LogP contribution in [0.3, 0.4) is 0 Å². The van der Waals surface area contributed by atoms with Gasteiger partial charge in [0.2, 0.25) is 35.4 Å². The van der Waals surface area contributed by atoms with E-state index >= 15 is 0 Å². The number of ether oxygens (including phenoxy) is 1. The molecule has 2 saturated heterocycles. The van der Waals surface area contributed by atoms with Crippen molar-refractivity contribution >= 4 is 43.3 Å². The van der Waals surface area contributed by atoms with Gasteiger partial charge in [-0.15, -0.1) is 6.58 Å². The number of allylic oxidation sites excluding steroid dienone is 1. The van der Waals surface area contributed by atoms with E-state index in [9.17, 15) is 38.4 Å². The number of carbonyl (C=O) groups is 6. The quantitative estimate of drug-likeness (QED) is 0.0379. The molecule has 0 bridgehead atoms. The summed E-state index contributed by atoms with van der Waals surface area (Å²) in [6, 6.07) is 3.42. The molecule has 1 aromatic carbocycles. The number of aliphatic hydroxyl groups excluding tert-OH is 1. The maximum Gasteiger partial charge on any atom is 0.475 e. The number of imidazole rings is 1. The number of aromatic amines is 1. The van der Waals surface area contributed by atoms with Crippen LogP contribution >= 0.6 is 7.82 Å². The normalized spacial score (nSPS) is 21.5. The van der Waals surface area contributed by atoms with E-state index in [-0.39, 0.29) is 50.3 Å². The standard InChI is InChI=1S/C42H63N8O12P/c1-5-6-7-12-18-60-63(58)61-25-36(62-63)37(38(43)53)49-41(56)34(24-51)48-40(55)33(20-30-22-44-26-45-30)46-39(54)32(19-27(2)3)47-42(57)35-21-31(23-50(35)28(4)52)59-17-13-11-16-29-14-9-8-10-15-29/h5,8-10,14-15,22,26-27,31-37,51H,1,6-7,11-13,16-21,23-25H2,2-4H3,(H2,43,53)(H,44,45)(H,46,54)(H,47,57)(H,48,55)(H,49,56)/t31-,32+,33+,34+,35+,36?,37?,63?/m1/s1. The van der Waals surface area contributed by atoms with Crippen LogP contribution in [0.5, 0.6) is 0 Å². The number of aliphatic hydroxyl groups is 1. The van der Waals surface area contributed by atoms with Gasteiger partial charge in [0.1, 0.15) is 36.3 Å². The van der Waals surface area contributed by atoms with E-state index < -0.39 is 86.9 Å². The van der Waals surface area contributed by atoms with Gasteiger partial charge in [-0.25, -0.2) is 9.55 Å². The number of hydrogen-bond acceptors (Lipinski definition) is 13. The number of hydrogen-bond donors (Lipinski definition) is 7. The summed E-state index contributed by atoms with van der Waals surface area (Å²) in [6.07, 6.45) is 7.67. The number of amides is 6. The Bertz CT molecular complexity index is 1870. The molecule has 63 heavy (non-hydrogen) atoms. The Balaban J connectivity index is 1.38.